The fourth-order valence-corrected chi connectivity index (χ4v) is 4.51. The fraction of sp³-hybridized carbons (Fsp3) is 0.545. The molecule has 7 heteroatoms. The molecular weight excluding hydrogens is 386 g/mol. The molecule has 2 heterocycles. The summed E-state index contributed by atoms with van der Waals surface area (Å²) in [5.74, 6) is 1.19. The van der Waals surface area contributed by atoms with E-state index in [-0.39, 0.29) is 11.8 Å². The van der Waals surface area contributed by atoms with Gasteiger partial charge < -0.3 is 20.3 Å². The van der Waals surface area contributed by atoms with Crippen molar-refractivity contribution >= 4 is 29.3 Å². The highest BCUT2D eigenvalue weighted by molar-refractivity contribution is 8.04. The highest BCUT2D eigenvalue weighted by atomic mass is 32.2. The van der Waals surface area contributed by atoms with E-state index in [2.05, 4.69) is 22.5 Å². The highest BCUT2D eigenvalue weighted by Gasteiger charge is 2.19. The summed E-state index contributed by atoms with van der Waals surface area (Å²) in [7, 11) is 0. The van der Waals surface area contributed by atoms with Gasteiger partial charge in [0.1, 0.15) is 10.7 Å². The molecule has 0 unspecified atom stereocenters. The molecule has 1 aromatic rings. The molecule has 0 spiro atoms. The van der Waals surface area contributed by atoms with Gasteiger partial charge in [-0.2, -0.15) is 0 Å². The van der Waals surface area contributed by atoms with Gasteiger partial charge in [0.2, 0.25) is 0 Å². The third kappa shape index (κ3) is 6.24. The Balaban J connectivity index is 1.43. The molecule has 2 aliphatic heterocycles. The summed E-state index contributed by atoms with van der Waals surface area (Å²) >= 11 is 1.50. The van der Waals surface area contributed by atoms with Crippen molar-refractivity contribution in [2.24, 2.45) is 0 Å². The number of carbonyl (C=O) groups excluding carboxylic acids is 2. The zero-order chi connectivity index (χ0) is 20.6. The van der Waals surface area contributed by atoms with Gasteiger partial charge in [0.05, 0.1) is 6.61 Å². The number of amides is 2. The third-order valence-corrected chi connectivity index (χ3v) is 6.56. The Kier molecular flexibility index (Phi) is 8.00. The zero-order valence-corrected chi connectivity index (χ0v) is 18.1. The maximum Gasteiger partial charge on any atom is 0.265 e. The molecule has 0 saturated carbocycles. The molecule has 2 aliphatic rings. The number of thioether (sulfide) groups is 1. The monoisotopic (exact) mass is 417 g/mol. The molecule has 0 aromatic heterocycles. The van der Waals surface area contributed by atoms with Gasteiger partial charge in [0.15, 0.2) is 0 Å². The maximum absolute atomic E-state index is 12.4. The lowest BCUT2D eigenvalue weighted by molar-refractivity contribution is -0.112. The molecule has 2 N–H and O–H groups in total. The maximum atomic E-state index is 12.4. The average molecular weight is 418 g/mol. The second-order valence-corrected chi connectivity index (χ2v) is 8.71. The fourth-order valence-electron chi connectivity index (χ4n) is 3.70. The van der Waals surface area contributed by atoms with Gasteiger partial charge in [-0.15, -0.1) is 11.8 Å². The number of hydrogen-bond donors (Lipinski definition) is 2. The topological polar surface area (TPSA) is 70.7 Å². The molecule has 29 heavy (non-hydrogen) atoms. The van der Waals surface area contributed by atoms with E-state index in [4.69, 9.17) is 4.74 Å². The summed E-state index contributed by atoms with van der Waals surface area (Å²) in [4.78, 5) is 27.8. The van der Waals surface area contributed by atoms with Crippen LogP contribution >= 0.6 is 11.8 Å². The predicted molar refractivity (Wildman–Crippen MR) is 118 cm³/mol. The van der Waals surface area contributed by atoms with Gasteiger partial charge in [-0.05, 0) is 63.9 Å². The van der Waals surface area contributed by atoms with Crippen LogP contribution in [0.1, 0.15) is 49.9 Å². The molecule has 6 nitrogen and oxygen atoms in total. The van der Waals surface area contributed by atoms with Crippen molar-refractivity contribution in [1.29, 1.82) is 0 Å². The summed E-state index contributed by atoms with van der Waals surface area (Å²) in [5.41, 5.74) is 1.26. The van der Waals surface area contributed by atoms with Crippen molar-refractivity contribution < 1.29 is 14.3 Å². The minimum absolute atomic E-state index is 0.0793. The van der Waals surface area contributed by atoms with Crippen LogP contribution in [-0.4, -0.2) is 54.8 Å². The van der Waals surface area contributed by atoms with Crippen LogP contribution in [0.15, 0.2) is 34.9 Å². The summed E-state index contributed by atoms with van der Waals surface area (Å²) in [6.45, 7) is 7.60. The lowest BCUT2D eigenvalue weighted by atomic mass is 10.0. The average Bonchev–Trinajstić information content (AvgIpc) is 2.73. The molecular formula is C22H31N3O3S. The predicted octanol–water partition coefficient (Wildman–Crippen LogP) is 3.61. The van der Waals surface area contributed by atoms with Crippen molar-refractivity contribution in [3.63, 3.8) is 0 Å². The molecule has 1 saturated heterocycles. The number of ether oxygens (including phenoxy) is 1. The van der Waals surface area contributed by atoms with E-state index in [1.54, 1.807) is 31.2 Å². The molecule has 3 rings (SSSR count). The number of nitrogens with one attached hydrogen (secondary N) is 2. The Morgan fingerprint density at radius 3 is 2.72 bits per heavy atom. The van der Waals surface area contributed by atoms with Gasteiger partial charge in [0.25, 0.3) is 11.8 Å². The van der Waals surface area contributed by atoms with E-state index >= 15 is 0 Å². The lowest BCUT2D eigenvalue weighted by Crippen LogP contribution is -2.39. The van der Waals surface area contributed by atoms with Crippen LogP contribution in [0.4, 0.5) is 5.69 Å². The quantitative estimate of drug-likeness (QED) is 0.663. The summed E-state index contributed by atoms with van der Waals surface area (Å²) < 4.78 is 5.43. The molecule has 2 amide bonds. The van der Waals surface area contributed by atoms with E-state index in [1.807, 2.05) is 0 Å². The van der Waals surface area contributed by atoms with Crippen molar-refractivity contribution in [2.45, 2.75) is 45.6 Å². The second-order valence-electron chi connectivity index (χ2n) is 7.60. The van der Waals surface area contributed by atoms with Crippen LogP contribution in [-0.2, 0) is 9.53 Å². The molecule has 158 valence electrons. The Morgan fingerprint density at radius 2 is 2.00 bits per heavy atom. The Morgan fingerprint density at radius 1 is 1.21 bits per heavy atom. The molecule has 1 aromatic carbocycles. The van der Waals surface area contributed by atoms with Crippen molar-refractivity contribution in [2.75, 3.05) is 37.3 Å². The third-order valence-electron chi connectivity index (χ3n) is 5.43. The standard InChI is InChI=1S/C22H31N3O3S/c1-16-6-3-4-12-25(16)13-5-11-23-21(26)18-7-9-19(10-8-18)24-22(27)20-17(2)28-14-15-29-20/h7-10,16H,3-6,11-15H2,1-2H3,(H,23,26)(H,24,27)/t16-/m0/s1. The van der Waals surface area contributed by atoms with Crippen LogP contribution in [0, 0.1) is 0 Å². The number of carbonyl (C=O) groups is 2. The van der Waals surface area contributed by atoms with Crippen LogP contribution in [0.25, 0.3) is 0 Å². The molecule has 0 aliphatic carbocycles. The first-order valence-electron chi connectivity index (χ1n) is 10.4. The van der Waals surface area contributed by atoms with Crippen LogP contribution in [0.2, 0.25) is 0 Å². The van der Waals surface area contributed by atoms with Crippen LogP contribution < -0.4 is 10.6 Å². The summed E-state index contributed by atoms with van der Waals surface area (Å²) in [6.07, 6.45) is 4.84. The minimum atomic E-state index is -0.170. The zero-order valence-electron chi connectivity index (χ0n) is 17.3. The first-order chi connectivity index (χ1) is 14.0. The number of allylic oxidation sites excluding steroid dienone is 1. The smallest absolute Gasteiger partial charge is 0.265 e. The molecule has 1 fully saturated rings. The normalized spacial score (nSPS) is 20.1. The van der Waals surface area contributed by atoms with E-state index in [9.17, 15) is 9.59 Å². The van der Waals surface area contributed by atoms with Gasteiger partial charge in [0, 0.05) is 36.1 Å². The van der Waals surface area contributed by atoms with Crippen molar-refractivity contribution in [1.82, 2.24) is 10.2 Å². The Labute approximate surface area is 177 Å². The van der Waals surface area contributed by atoms with Gasteiger partial charge >= 0.3 is 0 Å². The largest absolute Gasteiger partial charge is 0.496 e. The second kappa shape index (κ2) is 10.7. The first kappa shape index (κ1) is 21.7. The van der Waals surface area contributed by atoms with Crippen LogP contribution in [0.3, 0.4) is 0 Å². The number of hydrogen-bond acceptors (Lipinski definition) is 5. The van der Waals surface area contributed by atoms with Crippen molar-refractivity contribution in [3.05, 3.63) is 40.5 Å². The first-order valence-corrected chi connectivity index (χ1v) is 11.4. The number of anilines is 1. The van der Waals surface area contributed by atoms with Crippen LogP contribution in [0.5, 0.6) is 0 Å². The molecule has 0 radical (unpaired) electrons. The number of likely N-dealkylation sites (tertiary alicyclic amines) is 1. The number of benzene rings is 1. The van der Waals surface area contributed by atoms with Gasteiger partial charge in [-0.3, -0.25) is 9.59 Å². The summed E-state index contributed by atoms with van der Waals surface area (Å²) in [6, 6.07) is 7.64. The Hall–Kier alpha value is -1.99. The van der Waals surface area contributed by atoms with E-state index < -0.39 is 0 Å². The molecule has 0 bridgehead atoms. The summed E-state index contributed by atoms with van der Waals surface area (Å²) in [5, 5.41) is 5.86. The molecule has 1 atom stereocenters. The number of piperidine rings is 1. The van der Waals surface area contributed by atoms with E-state index in [1.165, 1.54) is 37.6 Å². The number of nitrogens with zero attached hydrogens (tertiary/aromatic N) is 1. The highest BCUT2D eigenvalue weighted by Crippen LogP contribution is 2.26. The number of rotatable bonds is 7. The Bertz CT molecular complexity index is 748. The minimum Gasteiger partial charge on any atom is -0.496 e. The van der Waals surface area contributed by atoms with Crippen molar-refractivity contribution in [3.8, 4) is 0 Å². The van der Waals surface area contributed by atoms with E-state index in [0.717, 1.165) is 18.7 Å². The van der Waals surface area contributed by atoms with Gasteiger partial charge in [-0.1, -0.05) is 6.42 Å². The van der Waals surface area contributed by atoms with Gasteiger partial charge in [-0.25, -0.2) is 0 Å². The SMILES string of the molecule is CC1=C(C(=O)Nc2ccc(C(=O)NCCCN3CCCC[C@@H]3C)cc2)SCCO1. The van der Waals surface area contributed by atoms with E-state index in [0.29, 0.717) is 41.1 Å². The lowest BCUT2D eigenvalue weighted by Gasteiger charge is -2.33.